The molecule has 1 atom stereocenters. The van der Waals surface area contributed by atoms with E-state index in [1.807, 2.05) is 0 Å². The minimum Gasteiger partial charge on any atom is -0.444 e. The topological polar surface area (TPSA) is 55.4 Å². The summed E-state index contributed by atoms with van der Waals surface area (Å²) in [5.74, 6) is 0.0702. The number of Topliss-reactive ketones (excluding diaryl/α,β-unsaturated/α-hetero) is 1. The molecule has 0 aromatic heterocycles. The molecule has 1 saturated carbocycles. The summed E-state index contributed by atoms with van der Waals surface area (Å²) in [6.07, 6.45) is -0.0717. The molecular formula is C8H13NO3. The monoisotopic (exact) mass is 171 g/mol. The largest absolute Gasteiger partial charge is 0.444 e. The number of ether oxygens (including phenoxy) is 1. The Morgan fingerprint density at radius 3 is 2.42 bits per heavy atom. The number of carbonyl (C=O) groups is 2. The molecule has 1 rings (SSSR count). The summed E-state index contributed by atoms with van der Waals surface area (Å²) in [4.78, 5) is 21.5. The molecule has 1 N–H and O–H groups in total. The van der Waals surface area contributed by atoms with Gasteiger partial charge in [-0.25, -0.2) is 4.79 Å². The molecule has 12 heavy (non-hydrogen) atoms. The molecule has 0 saturated heterocycles. The van der Waals surface area contributed by atoms with Gasteiger partial charge >= 0.3 is 6.09 Å². The summed E-state index contributed by atoms with van der Waals surface area (Å²) >= 11 is 0. The lowest BCUT2D eigenvalue weighted by atomic mass is 10.2. The highest BCUT2D eigenvalue weighted by atomic mass is 16.6. The maximum absolute atomic E-state index is 11.0. The number of nitrogens with one attached hydrogen (secondary N) is 1. The van der Waals surface area contributed by atoms with E-state index in [2.05, 4.69) is 5.32 Å². The first-order valence-corrected chi connectivity index (χ1v) is 3.91. The first-order valence-electron chi connectivity index (χ1n) is 3.91. The van der Waals surface area contributed by atoms with E-state index in [1.165, 1.54) is 0 Å². The molecule has 1 amide bonds. The number of carbonyl (C=O) groups excluding carboxylic acids is 2. The lowest BCUT2D eigenvalue weighted by Crippen LogP contribution is -2.34. The van der Waals surface area contributed by atoms with E-state index < -0.39 is 11.7 Å². The smallest absolute Gasteiger partial charge is 0.408 e. The highest BCUT2D eigenvalue weighted by molar-refractivity contribution is 6.02. The molecular weight excluding hydrogens is 158 g/mol. The maximum atomic E-state index is 11.0. The Morgan fingerprint density at radius 2 is 2.08 bits per heavy atom. The third-order valence-corrected chi connectivity index (χ3v) is 1.32. The van der Waals surface area contributed by atoms with Crippen LogP contribution in [0.4, 0.5) is 4.79 Å². The minimum absolute atomic E-state index is 0.0702. The Hall–Kier alpha value is -1.06. The van der Waals surface area contributed by atoms with Crippen LogP contribution >= 0.6 is 0 Å². The van der Waals surface area contributed by atoms with Crippen LogP contribution in [0, 0.1) is 0 Å². The molecule has 0 aromatic carbocycles. The molecule has 1 fully saturated rings. The van der Waals surface area contributed by atoms with Gasteiger partial charge in [0.2, 0.25) is 0 Å². The van der Waals surface area contributed by atoms with Gasteiger partial charge in [-0.3, -0.25) is 4.79 Å². The quantitative estimate of drug-likeness (QED) is 0.636. The van der Waals surface area contributed by atoms with Gasteiger partial charge in [-0.15, -0.1) is 0 Å². The van der Waals surface area contributed by atoms with Crippen LogP contribution in [0.5, 0.6) is 0 Å². The molecule has 4 heteroatoms. The number of ketones is 1. The molecule has 1 aliphatic rings. The van der Waals surface area contributed by atoms with Crippen molar-refractivity contribution < 1.29 is 14.3 Å². The predicted molar refractivity (Wildman–Crippen MR) is 42.8 cm³/mol. The highest BCUT2D eigenvalue weighted by Crippen LogP contribution is 2.14. The number of hydrogen-bond acceptors (Lipinski definition) is 3. The zero-order chi connectivity index (χ0) is 9.35. The molecule has 0 heterocycles. The van der Waals surface area contributed by atoms with Gasteiger partial charge in [0, 0.05) is 6.42 Å². The van der Waals surface area contributed by atoms with Gasteiger partial charge in [-0.1, -0.05) is 0 Å². The number of hydrogen-bond donors (Lipinski definition) is 1. The van der Waals surface area contributed by atoms with Gasteiger partial charge in [0.1, 0.15) is 5.60 Å². The van der Waals surface area contributed by atoms with Crippen LogP contribution in [0.15, 0.2) is 0 Å². The van der Waals surface area contributed by atoms with Gasteiger partial charge < -0.3 is 10.1 Å². The van der Waals surface area contributed by atoms with Gasteiger partial charge in [-0.05, 0) is 20.8 Å². The third-order valence-electron chi connectivity index (χ3n) is 1.32. The number of alkyl carbamates (subject to hydrolysis) is 1. The van der Waals surface area contributed by atoms with Crippen LogP contribution in [0.2, 0.25) is 0 Å². The zero-order valence-corrected chi connectivity index (χ0v) is 7.51. The van der Waals surface area contributed by atoms with Crippen LogP contribution in [-0.2, 0) is 9.53 Å². The maximum Gasteiger partial charge on any atom is 0.408 e. The second-order valence-electron chi connectivity index (χ2n) is 3.87. The molecule has 1 aliphatic carbocycles. The number of rotatable bonds is 1. The summed E-state index contributed by atoms with van der Waals surface area (Å²) in [5.41, 5.74) is -0.498. The van der Waals surface area contributed by atoms with Crippen molar-refractivity contribution in [3.8, 4) is 0 Å². The highest BCUT2D eigenvalue weighted by Gasteiger charge is 2.37. The zero-order valence-electron chi connectivity index (χ0n) is 7.51. The summed E-state index contributed by atoms with van der Waals surface area (Å²) in [7, 11) is 0. The number of amides is 1. The van der Waals surface area contributed by atoms with Crippen LogP contribution in [-0.4, -0.2) is 23.5 Å². The second kappa shape index (κ2) is 2.77. The first kappa shape index (κ1) is 9.03. The van der Waals surface area contributed by atoms with Gasteiger partial charge in [0.05, 0.1) is 6.04 Å². The van der Waals surface area contributed by atoms with E-state index in [9.17, 15) is 9.59 Å². The van der Waals surface area contributed by atoms with Crippen molar-refractivity contribution in [3.63, 3.8) is 0 Å². The van der Waals surface area contributed by atoms with Gasteiger partial charge in [0.25, 0.3) is 0 Å². The average Bonchev–Trinajstić information content (AvgIpc) is 2.40. The van der Waals surface area contributed by atoms with Gasteiger partial charge in [0.15, 0.2) is 5.78 Å². The third kappa shape index (κ3) is 2.90. The summed E-state index contributed by atoms with van der Waals surface area (Å²) < 4.78 is 4.93. The molecule has 68 valence electrons. The molecule has 1 unspecified atom stereocenters. The normalized spacial score (nSPS) is 21.9. The molecule has 0 spiro atoms. The first-order chi connectivity index (χ1) is 5.38. The van der Waals surface area contributed by atoms with Gasteiger partial charge in [-0.2, -0.15) is 0 Å². The SMILES string of the molecule is CC(C)(C)OC(=O)NC1CC1=O. The predicted octanol–water partition coefficient (Wildman–Crippen LogP) is 0.853. The van der Waals surface area contributed by atoms with E-state index in [0.717, 1.165) is 0 Å². The van der Waals surface area contributed by atoms with Crippen LogP contribution in [0.25, 0.3) is 0 Å². The Kier molecular flexibility index (Phi) is 2.08. The van der Waals surface area contributed by atoms with E-state index in [4.69, 9.17) is 4.74 Å². The Bertz CT molecular complexity index is 217. The van der Waals surface area contributed by atoms with Crippen molar-refractivity contribution in [1.29, 1.82) is 0 Å². The average molecular weight is 171 g/mol. The fourth-order valence-corrected chi connectivity index (χ4v) is 0.724. The van der Waals surface area contributed by atoms with E-state index in [0.29, 0.717) is 6.42 Å². The van der Waals surface area contributed by atoms with E-state index >= 15 is 0 Å². The molecule has 4 nitrogen and oxygen atoms in total. The lowest BCUT2D eigenvalue weighted by Gasteiger charge is -2.19. The Morgan fingerprint density at radius 1 is 1.58 bits per heavy atom. The second-order valence-corrected chi connectivity index (χ2v) is 3.87. The summed E-state index contributed by atoms with van der Waals surface area (Å²) in [6, 6.07) is -0.292. The van der Waals surface area contributed by atoms with Crippen LogP contribution in [0.1, 0.15) is 27.2 Å². The van der Waals surface area contributed by atoms with Crippen molar-refractivity contribution in [1.82, 2.24) is 5.32 Å². The van der Waals surface area contributed by atoms with Crippen molar-refractivity contribution in [2.75, 3.05) is 0 Å². The fraction of sp³-hybridized carbons (Fsp3) is 0.750. The molecule has 0 aliphatic heterocycles. The summed E-state index contributed by atoms with van der Waals surface area (Å²) in [6.45, 7) is 5.34. The summed E-state index contributed by atoms with van der Waals surface area (Å²) in [5, 5.41) is 2.45. The Balaban J connectivity index is 2.25. The van der Waals surface area contributed by atoms with Crippen LogP contribution in [0.3, 0.4) is 0 Å². The van der Waals surface area contributed by atoms with Crippen molar-refractivity contribution in [2.24, 2.45) is 0 Å². The lowest BCUT2D eigenvalue weighted by molar-refractivity contribution is -0.110. The van der Waals surface area contributed by atoms with Crippen LogP contribution < -0.4 is 5.32 Å². The standard InChI is InChI=1S/C8H13NO3/c1-8(2,3)12-7(11)9-5-4-6(5)10/h5H,4H2,1-3H3,(H,9,11). The van der Waals surface area contributed by atoms with Crippen molar-refractivity contribution in [3.05, 3.63) is 0 Å². The fourth-order valence-electron chi connectivity index (χ4n) is 0.724. The van der Waals surface area contributed by atoms with Crippen molar-refractivity contribution >= 4 is 11.9 Å². The van der Waals surface area contributed by atoms with E-state index in [1.54, 1.807) is 20.8 Å². The Labute approximate surface area is 71.3 Å². The minimum atomic E-state index is -0.515. The molecule has 0 bridgehead atoms. The molecule has 0 aromatic rings. The molecule has 0 radical (unpaired) electrons. The van der Waals surface area contributed by atoms with Crippen molar-refractivity contribution in [2.45, 2.75) is 38.8 Å². The van der Waals surface area contributed by atoms with E-state index in [-0.39, 0.29) is 11.8 Å².